The molecule has 4 heteroatoms. The zero-order valence-electron chi connectivity index (χ0n) is 14.5. The molecule has 1 N–H and O–H groups in total. The molecule has 1 aliphatic carbocycles. The summed E-state index contributed by atoms with van der Waals surface area (Å²) in [5.74, 6) is 0. The number of hydrogen-bond acceptors (Lipinski definition) is 2. The Balaban J connectivity index is 1.78. The summed E-state index contributed by atoms with van der Waals surface area (Å²) >= 11 is 0. The molecular formula is C19H26N2O2. The molecule has 1 amide bonds. The number of amides is 1. The first-order chi connectivity index (χ1) is 10.8. The number of fused-ring (bicyclic) bond motifs is 3. The average molecular weight is 314 g/mol. The van der Waals surface area contributed by atoms with Crippen LogP contribution in [0.3, 0.4) is 0 Å². The predicted octanol–water partition coefficient (Wildman–Crippen LogP) is 4.04. The molecule has 3 rings (SSSR count). The third kappa shape index (κ3) is 3.36. The van der Waals surface area contributed by atoms with Crippen LogP contribution in [0.15, 0.2) is 24.3 Å². The van der Waals surface area contributed by atoms with E-state index in [1.807, 2.05) is 27.7 Å². The number of aryl methyl sites for hydroxylation is 1. The van der Waals surface area contributed by atoms with Crippen molar-refractivity contribution in [3.63, 3.8) is 0 Å². The quantitative estimate of drug-likeness (QED) is 0.929. The lowest BCUT2D eigenvalue weighted by atomic mass is 10.1. The van der Waals surface area contributed by atoms with Gasteiger partial charge < -0.3 is 14.6 Å². The zero-order chi connectivity index (χ0) is 16.6. The van der Waals surface area contributed by atoms with Crippen LogP contribution in [0.4, 0.5) is 4.79 Å². The lowest BCUT2D eigenvalue weighted by molar-refractivity contribution is 0.0504. The van der Waals surface area contributed by atoms with Crippen LogP contribution in [0, 0.1) is 0 Å². The summed E-state index contributed by atoms with van der Waals surface area (Å²) in [5.41, 5.74) is 3.73. The summed E-state index contributed by atoms with van der Waals surface area (Å²) in [6.07, 6.45) is 3.17. The average Bonchev–Trinajstić information content (AvgIpc) is 3.00. The van der Waals surface area contributed by atoms with Gasteiger partial charge >= 0.3 is 6.09 Å². The third-order valence-corrected chi connectivity index (χ3v) is 4.25. The standard InChI is InChI=1S/C19H26N2O2/c1-13(20-18(22)23-19(2,3)4)12-21-16-10-6-5-8-14(16)15-9-7-11-17(15)21/h5-6,8,10,13H,7,9,11-12H2,1-4H3,(H,20,22)/t13-/m1/s1. The molecule has 0 saturated carbocycles. The summed E-state index contributed by atoms with van der Waals surface area (Å²) in [4.78, 5) is 12.0. The first-order valence-corrected chi connectivity index (χ1v) is 8.43. The van der Waals surface area contributed by atoms with Gasteiger partial charge in [0.2, 0.25) is 0 Å². The number of hydrogen-bond donors (Lipinski definition) is 1. The highest BCUT2D eigenvalue weighted by atomic mass is 16.6. The Bertz CT molecular complexity index is 725. The molecule has 0 fully saturated rings. The number of aromatic nitrogens is 1. The van der Waals surface area contributed by atoms with E-state index in [-0.39, 0.29) is 12.1 Å². The van der Waals surface area contributed by atoms with Gasteiger partial charge in [0.25, 0.3) is 0 Å². The number of nitrogens with zero attached hydrogens (tertiary/aromatic N) is 1. The van der Waals surface area contributed by atoms with Crippen molar-refractivity contribution in [3.8, 4) is 0 Å². The molecule has 1 heterocycles. The molecular weight excluding hydrogens is 288 g/mol. The number of carbonyl (C=O) groups is 1. The molecule has 2 aromatic rings. The summed E-state index contributed by atoms with van der Waals surface area (Å²) < 4.78 is 7.72. The molecule has 23 heavy (non-hydrogen) atoms. The van der Waals surface area contributed by atoms with Crippen molar-refractivity contribution in [1.29, 1.82) is 0 Å². The van der Waals surface area contributed by atoms with Gasteiger partial charge in [-0.05, 0) is 58.6 Å². The van der Waals surface area contributed by atoms with Crippen LogP contribution in [0.25, 0.3) is 10.9 Å². The molecule has 0 unspecified atom stereocenters. The van der Waals surface area contributed by atoms with E-state index in [9.17, 15) is 4.79 Å². The van der Waals surface area contributed by atoms with Gasteiger partial charge in [-0.25, -0.2) is 4.79 Å². The van der Waals surface area contributed by atoms with Gasteiger partial charge in [0.15, 0.2) is 0 Å². The zero-order valence-corrected chi connectivity index (χ0v) is 14.5. The Morgan fingerprint density at radius 2 is 2.04 bits per heavy atom. The molecule has 0 spiro atoms. The SMILES string of the molecule is C[C@H](Cn1c2c(c3ccccc31)CCC2)NC(=O)OC(C)(C)C. The largest absolute Gasteiger partial charge is 0.444 e. The molecule has 1 atom stereocenters. The fraction of sp³-hybridized carbons (Fsp3) is 0.526. The number of rotatable bonds is 3. The molecule has 0 bridgehead atoms. The second kappa shape index (κ2) is 5.91. The van der Waals surface area contributed by atoms with E-state index in [1.54, 1.807) is 0 Å². The van der Waals surface area contributed by atoms with E-state index in [2.05, 4.69) is 34.1 Å². The van der Waals surface area contributed by atoms with Gasteiger partial charge in [0, 0.05) is 29.2 Å². The lowest BCUT2D eigenvalue weighted by Gasteiger charge is -2.23. The van der Waals surface area contributed by atoms with Crippen molar-refractivity contribution in [1.82, 2.24) is 9.88 Å². The Kier molecular flexibility index (Phi) is 4.09. The number of alkyl carbamates (subject to hydrolysis) is 1. The first kappa shape index (κ1) is 15.9. The molecule has 0 radical (unpaired) electrons. The maximum Gasteiger partial charge on any atom is 0.407 e. The van der Waals surface area contributed by atoms with Crippen molar-refractivity contribution in [2.45, 2.75) is 65.1 Å². The molecule has 124 valence electrons. The minimum atomic E-state index is -0.467. The second-order valence-electron chi connectivity index (χ2n) is 7.45. The van der Waals surface area contributed by atoms with Gasteiger partial charge in [-0.15, -0.1) is 0 Å². The predicted molar refractivity (Wildman–Crippen MR) is 92.8 cm³/mol. The van der Waals surface area contributed by atoms with Gasteiger partial charge in [-0.1, -0.05) is 18.2 Å². The van der Waals surface area contributed by atoms with E-state index in [1.165, 1.54) is 28.6 Å². The van der Waals surface area contributed by atoms with Crippen molar-refractivity contribution >= 4 is 17.0 Å². The Labute approximate surface area is 137 Å². The van der Waals surface area contributed by atoms with Crippen molar-refractivity contribution < 1.29 is 9.53 Å². The molecule has 0 aliphatic heterocycles. The minimum Gasteiger partial charge on any atom is -0.444 e. The first-order valence-electron chi connectivity index (χ1n) is 8.43. The monoisotopic (exact) mass is 314 g/mol. The highest BCUT2D eigenvalue weighted by Gasteiger charge is 2.23. The highest BCUT2D eigenvalue weighted by molar-refractivity contribution is 5.86. The van der Waals surface area contributed by atoms with Crippen LogP contribution >= 0.6 is 0 Å². The van der Waals surface area contributed by atoms with Crippen LogP contribution in [0.2, 0.25) is 0 Å². The summed E-state index contributed by atoms with van der Waals surface area (Å²) in [7, 11) is 0. The van der Waals surface area contributed by atoms with E-state index in [4.69, 9.17) is 4.74 Å². The Morgan fingerprint density at radius 3 is 2.78 bits per heavy atom. The van der Waals surface area contributed by atoms with Crippen LogP contribution in [-0.2, 0) is 24.1 Å². The van der Waals surface area contributed by atoms with E-state index in [0.717, 1.165) is 19.4 Å². The summed E-state index contributed by atoms with van der Waals surface area (Å²) in [5, 5.41) is 4.31. The van der Waals surface area contributed by atoms with Crippen LogP contribution in [0.1, 0.15) is 45.4 Å². The number of benzene rings is 1. The van der Waals surface area contributed by atoms with E-state index < -0.39 is 5.60 Å². The smallest absolute Gasteiger partial charge is 0.407 e. The maximum atomic E-state index is 12.0. The summed E-state index contributed by atoms with van der Waals surface area (Å²) in [6, 6.07) is 8.59. The number of nitrogens with one attached hydrogen (secondary N) is 1. The lowest BCUT2D eigenvalue weighted by Crippen LogP contribution is -2.39. The van der Waals surface area contributed by atoms with E-state index >= 15 is 0 Å². The van der Waals surface area contributed by atoms with Gasteiger partial charge in [-0.3, -0.25) is 0 Å². The van der Waals surface area contributed by atoms with E-state index in [0.29, 0.717) is 0 Å². The van der Waals surface area contributed by atoms with Crippen LogP contribution in [0.5, 0.6) is 0 Å². The van der Waals surface area contributed by atoms with Gasteiger partial charge in [0.1, 0.15) is 5.60 Å². The molecule has 0 saturated heterocycles. The molecule has 1 aromatic carbocycles. The van der Waals surface area contributed by atoms with Gasteiger partial charge in [-0.2, -0.15) is 0 Å². The Morgan fingerprint density at radius 1 is 1.30 bits per heavy atom. The van der Waals surface area contributed by atoms with Gasteiger partial charge in [0.05, 0.1) is 0 Å². The Hall–Kier alpha value is -1.97. The molecule has 1 aromatic heterocycles. The maximum absolute atomic E-state index is 12.0. The fourth-order valence-corrected chi connectivity index (χ4v) is 3.46. The van der Waals surface area contributed by atoms with Crippen LogP contribution < -0.4 is 5.32 Å². The fourth-order valence-electron chi connectivity index (χ4n) is 3.46. The number of carbonyl (C=O) groups excluding carboxylic acids is 1. The van der Waals surface area contributed by atoms with Crippen molar-refractivity contribution in [2.75, 3.05) is 0 Å². The minimum absolute atomic E-state index is 0.0188. The number of ether oxygens (including phenoxy) is 1. The molecule has 4 nitrogen and oxygen atoms in total. The van der Waals surface area contributed by atoms with Crippen molar-refractivity contribution in [2.24, 2.45) is 0 Å². The van der Waals surface area contributed by atoms with Crippen molar-refractivity contribution in [3.05, 3.63) is 35.5 Å². The normalized spacial score (nSPS) is 15.5. The van der Waals surface area contributed by atoms with Crippen LogP contribution in [-0.4, -0.2) is 22.3 Å². The molecule has 1 aliphatic rings. The second-order valence-corrected chi connectivity index (χ2v) is 7.45. The highest BCUT2D eigenvalue weighted by Crippen LogP contribution is 2.33. The summed E-state index contributed by atoms with van der Waals surface area (Å²) in [6.45, 7) is 8.44. The number of para-hydroxylation sites is 1. The third-order valence-electron chi connectivity index (χ3n) is 4.25. The topological polar surface area (TPSA) is 43.3 Å².